The minimum Gasteiger partial charge on any atom is -0.493 e. The van der Waals surface area contributed by atoms with Crippen LogP contribution >= 0.6 is 11.6 Å². The highest BCUT2D eigenvalue weighted by Crippen LogP contribution is 2.37. The highest BCUT2D eigenvalue weighted by molar-refractivity contribution is 6.32. The third-order valence-corrected chi connectivity index (χ3v) is 4.84. The van der Waals surface area contributed by atoms with Crippen LogP contribution in [0.3, 0.4) is 0 Å². The van der Waals surface area contributed by atoms with E-state index in [4.69, 9.17) is 25.8 Å². The number of hydrogen-bond acceptors (Lipinski definition) is 5. The van der Waals surface area contributed by atoms with Gasteiger partial charge in [-0.2, -0.15) is 0 Å². The van der Waals surface area contributed by atoms with E-state index in [0.717, 1.165) is 24.1 Å². The van der Waals surface area contributed by atoms with Crippen LogP contribution in [0.1, 0.15) is 36.2 Å². The van der Waals surface area contributed by atoms with Crippen LogP contribution in [0, 0.1) is 0 Å². The van der Waals surface area contributed by atoms with Gasteiger partial charge in [-0.15, -0.1) is 0 Å². The van der Waals surface area contributed by atoms with Crippen molar-refractivity contribution >= 4 is 29.2 Å². The topological polar surface area (TPSA) is 65.1 Å². The van der Waals surface area contributed by atoms with Crippen LogP contribution in [0.5, 0.6) is 11.5 Å². The number of esters is 1. The number of hydrogen-bond donors (Lipinski definition) is 0. The van der Waals surface area contributed by atoms with Crippen molar-refractivity contribution in [1.82, 2.24) is 0 Å². The number of amides is 1. The van der Waals surface area contributed by atoms with Gasteiger partial charge in [-0.3, -0.25) is 4.79 Å². The monoisotopic (exact) mass is 417 g/mol. The van der Waals surface area contributed by atoms with Crippen LogP contribution in [-0.2, 0) is 16.0 Å². The van der Waals surface area contributed by atoms with Gasteiger partial charge in [0.2, 0.25) is 0 Å². The number of fused-ring (bicyclic) bond motifs is 1. The molecule has 1 heterocycles. The first-order valence-corrected chi connectivity index (χ1v) is 9.88. The molecule has 1 aliphatic heterocycles. The van der Waals surface area contributed by atoms with Gasteiger partial charge in [-0.05, 0) is 50.5 Å². The SMILES string of the molecule is COc1cc(C(=O)OCC(=O)N2CCCc3ccccc32)cc(Cl)c1OC(C)C. The summed E-state index contributed by atoms with van der Waals surface area (Å²) in [6.07, 6.45) is 1.70. The van der Waals surface area contributed by atoms with Crippen LogP contribution in [0.15, 0.2) is 36.4 Å². The fraction of sp³-hybridized carbons (Fsp3) is 0.364. The van der Waals surface area contributed by atoms with Crippen molar-refractivity contribution in [2.24, 2.45) is 0 Å². The van der Waals surface area contributed by atoms with E-state index in [0.29, 0.717) is 18.0 Å². The number of anilines is 1. The average Bonchev–Trinajstić information content (AvgIpc) is 2.72. The van der Waals surface area contributed by atoms with Gasteiger partial charge in [-0.1, -0.05) is 29.8 Å². The zero-order valence-electron chi connectivity index (χ0n) is 16.7. The lowest BCUT2D eigenvalue weighted by Gasteiger charge is -2.29. The van der Waals surface area contributed by atoms with Crippen molar-refractivity contribution in [2.45, 2.75) is 32.8 Å². The van der Waals surface area contributed by atoms with Gasteiger partial charge in [0, 0.05) is 12.2 Å². The number of nitrogens with zero attached hydrogens (tertiary/aromatic N) is 1. The minimum atomic E-state index is -0.653. The van der Waals surface area contributed by atoms with Crippen LogP contribution in [0.4, 0.5) is 5.69 Å². The summed E-state index contributed by atoms with van der Waals surface area (Å²) < 4.78 is 16.2. The van der Waals surface area contributed by atoms with E-state index in [9.17, 15) is 9.59 Å². The van der Waals surface area contributed by atoms with E-state index in [2.05, 4.69) is 0 Å². The Balaban J connectivity index is 1.70. The lowest BCUT2D eigenvalue weighted by Crippen LogP contribution is -2.38. The fourth-order valence-electron chi connectivity index (χ4n) is 3.27. The summed E-state index contributed by atoms with van der Waals surface area (Å²) in [7, 11) is 1.46. The molecule has 2 aromatic carbocycles. The molecule has 3 rings (SSSR count). The lowest BCUT2D eigenvalue weighted by atomic mass is 10.0. The predicted octanol–water partition coefficient (Wildman–Crippen LogP) is 4.27. The van der Waals surface area contributed by atoms with Crippen LogP contribution in [-0.4, -0.2) is 38.2 Å². The summed E-state index contributed by atoms with van der Waals surface area (Å²) >= 11 is 6.25. The van der Waals surface area contributed by atoms with Crippen molar-refractivity contribution in [2.75, 3.05) is 25.2 Å². The minimum absolute atomic E-state index is 0.107. The van der Waals surface area contributed by atoms with Crippen LogP contribution in [0.25, 0.3) is 0 Å². The second-order valence-electron chi connectivity index (χ2n) is 7.01. The highest BCUT2D eigenvalue weighted by atomic mass is 35.5. The number of methoxy groups -OCH3 is 1. The Bertz CT molecular complexity index is 912. The Morgan fingerprint density at radius 2 is 1.97 bits per heavy atom. The Morgan fingerprint density at radius 1 is 1.21 bits per heavy atom. The van der Waals surface area contributed by atoms with Gasteiger partial charge >= 0.3 is 5.97 Å². The highest BCUT2D eigenvalue weighted by Gasteiger charge is 2.24. The molecule has 0 spiro atoms. The standard InChI is InChI=1S/C22H24ClNO5/c1-14(2)29-21-17(23)11-16(12-19(21)27-3)22(26)28-13-20(25)24-10-6-8-15-7-4-5-9-18(15)24/h4-5,7,9,11-12,14H,6,8,10,13H2,1-3H3. The Kier molecular flexibility index (Phi) is 6.64. The molecule has 1 aliphatic rings. The second-order valence-corrected chi connectivity index (χ2v) is 7.42. The van der Waals surface area contributed by atoms with E-state index >= 15 is 0 Å². The molecule has 0 bridgehead atoms. The maximum Gasteiger partial charge on any atom is 0.338 e. The second kappa shape index (κ2) is 9.18. The molecule has 154 valence electrons. The smallest absolute Gasteiger partial charge is 0.338 e. The summed E-state index contributed by atoms with van der Waals surface area (Å²) in [5.41, 5.74) is 2.19. The van der Waals surface area contributed by atoms with E-state index in [1.807, 2.05) is 38.1 Å². The molecule has 0 N–H and O–H groups in total. The Hall–Kier alpha value is -2.73. The summed E-state index contributed by atoms with van der Waals surface area (Å²) in [4.78, 5) is 26.8. The van der Waals surface area contributed by atoms with E-state index < -0.39 is 5.97 Å². The third kappa shape index (κ3) is 4.82. The molecule has 7 heteroatoms. The molecule has 0 saturated heterocycles. The molecular weight excluding hydrogens is 394 g/mol. The largest absolute Gasteiger partial charge is 0.493 e. The Labute approximate surface area is 175 Å². The number of benzene rings is 2. The maximum absolute atomic E-state index is 12.6. The van der Waals surface area contributed by atoms with Crippen molar-refractivity contribution in [1.29, 1.82) is 0 Å². The zero-order chi connectivity index (χ0) is 21.0. The first-order chi connectivity index (χ1) is 13.9. The molecule has 6 nitrogen and oxygen atoms in total. The number of halogens is 1. The number of carbonyl (C=O) groups excluding carboxylic acids is 2. The number of carbonyl (C=O) groups is 2. The summed E-state index contributed by atoms with van der Waals surface area (Å²) in [6, 6.07) is 10.7. The van der Waals surface area contributed by atoms with Crippen LogP contribution in [0.2, 0.25) is 5.02 Å². The van der Waals surface area contributed by atoms with Gasteiger partial charge in [-0.25, -0.2) is 4.79 Å². The first kappa shape index (κ1) is 21.0. The zero-order valence-corrected chi connectivity index (χ0v) is 17.5. The van der Waals surface area contributed by atoms with E-state index in [1.165, 1.54) is 19.2 Å². The molecule has 0 unspecified atom stereocenters. The van der Waals surface area contributed by atoms with Crippen molar-refractivity contribution in [3.05, 3.63) is 52.5 Å². The molecule has 0 atom stereocenters. The van der Waals surface area contributed by atoms with Gasteiger partial charge in [0.1, 0.15) is 0 Å². The molecule has 0 aliphatic carbocycles. The summed E-state index contributed by atoms with van der Waals surface area (Å²) in [5, 5.41) is 0.237. The maximum atomic E-state index is 12.6. The van der Waals surface area contributed by atoms with Crippen LogP contribution < -0.4 is 14.4 Å². The molecule has 29 heavy (non-hydrogen) atoms. The molecule has 0 radical (unpaired) electrons. The van der Waals surface area contributed by atoms with E-state index in [-0.39, 0.29) is 29.2 Å². The number of para-hydroxylation sites is 1. The number of aryl methyl sites for hydroxylation is 1. The van der Waals surface area contributed by atoms with Crippen molar-refractivity contribution < 1.29 is 23.8 Å². The summed E-state index contributed by atoms with van der Waals surface area (Å²) in [5.74, 6) is -0.223. The molecule has 1 amide bonds. The lowest BCUT2D eigenvalue weighted by molar-refractivity contribution is -0.121. The molecular formula is C22H24ClNO5. The first-order valence-electron chi connectivity index (χ1n) is 9.50. The summed E-state index contributed by atoms with van der Waals surface area (Å²) in [6.45, 7) is 3.98. The quantitative estimate of drug-likeness (QED) is 0.656. The average molecular weight is 418 g/mol. The molecule has 0 aromatic heterocycles. The van der Waals surface area contributed by atoms with Crippen molar-refractivity contribution in [3.63, 3.8) is 0 Å². The number of ether oxygens (including phenoxy) is 3. The Morgan fingerprint density at radius 3 is 2.69 bits per heavy atom. The van der Waals surface area contributed by atoms with E-state index in [1.54, 1.807) is 4.90 Å². The van der Waals surface area contributed by atoms with Gasteiger partial charge in [0.25, 0.3) is 5.91 Å². The normalized spacial score (nSPS) is 13.1. The van der Waals surface area contributed by atoms with Gasteiger partial charge in [0.05, 0.1) is 23.8 Å². The molecule has 2 aromatic rings. The van der Waals surface area contributed by atoms with Crippen molar-refractivity contribution in [3.8, 4) is 11.5 Å². The molecule has 0 fully saturated rings. The predicted molar refractivity (Wildman–Crippen MR) is 111 cm³/mol. The third-order valence-electron chi connectivity index (χ3n) is 4.56. The molecule has 0 saturated carbocycles. The van der Waals surface area contributed by atoms with Gasteiger partial charge < -0.3 is 19.1 Å². The fourth-order valence-corrected chi connectivity index (χ4v) is 3.52. The van der Waals surface area contributed by atoms with Gasteiger partial charge in [0.15, 0.2) is 18.1 Å². The number of rotatable bonds is 6.